The smallest absolute Gasteiger partial charge is 0.229 e. The Morgan fingerprint density at radius 1 is 1.38 bits per heavy atom. The Morgan fingerprint density at radius 2 is 2.14 bits per heavy atom. The molecule has 0 spiro atoms. The fourth-order valence-electron chi connectivity index (χ4n) is 2.43. The highest BCUT2D eigenvalue weighted by Crippen LogP contribution is 2.20. The van der Waals surface area contributed by atoms with Crippen LogP contribution in [0.3, 0.4) is 0 Å². The molecule has 1 fully saturated rings. The first kappa shape index (κ1) is 15.4. The molecule has 1 heterocycles. The molecule has 1 atom stereocenters. The average Bonchev–Trinajstić information content (AvgIpc) is 2.88. The number of hydrogen-bond acceptors (Lipinski definition) is 2. The third-order valence-electron chi connectivity index (χ3n) is 3.58. The lowest BCUT2D eigenvalue weighted by Gasteiger charge is -2.18. The van der Waals surface area contributed by atoms with Gasteiger partial charge in [0.05, 0.1) is 6.04 Å². The Kier molecular flexibility index (Phi) is 5.60. The number of carbonyl (C=O) groups is 1. The lowest BCUT2D eigenvalue weighted by molar-refractivity contribution is -0.117. The number of unbranched alkanes of at least 4 members (excludes halogenated alkanes) is 1. The van der Waals surface area contributed by atoms with E-state index in [-0.39, 0.29) is 11.9 Å². The third-order valence-corrected chi connectivity index (χ3v) is 3.58. The van der Waals surface area contributed by atoms with Crippen LogP contribution in [0.15, 0.2) is 35.3 Å². The van der Waals surface area contributed by atoms with Crippen molar-refractivity contribution in [1.29, 1.82) is 0 Å². The van der Waals surface area contributed by atoms with E-state index in [2.05, 4.69) is 22.5 Å². The van der Waals surface area contributed by atoms with Crippen molar-refractivity contribution in [1.82, 2.24) is 10.6 Å². The molecule has 0 radical (unpaired) electrons. The molecule has 2 rings (SSSR count). The van der Waals surface area contributed by atoms with Gasteiger partial charge in [-0.05, 0) is 18.6 Å². The zero-order chi connectivity index (χ0) is 15.1. The van der Waals surface area contributed by atoms with Gasteiger partial charge in [-0.15, -0.1) is 0 Å². The van der Waals surface area contributed by atoms with Gasteiger partial charge < -0.3 is 15.5 Å². The van der Waals surface area contributed by atoms with Crippen LogP contribution in [-0.4, -0.2) is 38.0 Å². The summed E-state index contributed by atoms with van der Waals surface area (Å²) in [6.45, 7) is 3.74. The quantitative estimate of drug-likeness (QED) is 0.493. The van der Waals surface area contributed by atoms with Gasteiger partial charge >= 0.3 is 0 Å². The van der Waals surface area contributed by atoms with Crippen LogP contribution in [-0.2, 0) is 4.79 Å². The highest BCUT2D eigenvalue weighted by atomic mass is 16.2. The van der Waals surface area contributed by atoms with Crippen LogP contribution < -0.4 is 15.5 Å². The van der Waals surface area contributed by atoms with E-state index in [1.807, 2.05) is 35.2 Å². The van der Waals surface area contributed by atoms with Crippen LogP contribution in [0.25, 0.3) is 0 Å². The Balaban J connectivity index is 1.90. The number of anilines is 1. The summed E-state index contributed by atoms with van der Waals surface area (Å²) in [7, 11) is 1.76. The van der Waals surface area contributed by atoms with Crippen molar-refractivity contribution in [2.45, 2.75) is 32.2 Å². The molecule has 1 unspecified atom stereocenters. The monoisotopic (exact) mass is 288 g/mol. The summed E-state index contributed by atoms with van der Waals surface area (Å²) >= 11 is 0. The predicted molar refractivity (Wildman–Crippen MR) is 86.6 cm³/mol. The number of rotatable bonds is 5. The SMILES string of the molecule is CCCCNC(=NC)NC1CC(=O)N(c2ccccc2)C1. The Labute approximate surface area is 126 Å². The van der Waals surface area contributed by atoms with Crippen molar-refractivity contribution in [2.75, 3.05) is 25.0 Å². The van der Waals surface area contributed by atoms with Crippen molar-refractivity contribution in [3.05, 3.63) is 30.3 Å². The lowest BCUT2D eigenvalue weighted by atomic mass is 10.2. The summed E-state index contributed by atoms with van der Waals surface area (Å²) < 4.78 is 0. The Bertz CT molecular complexity index is 486. The molecule has 1 aromatic carbocycles. The first-order valence-corrected chi connectivity index (χ1v) is 7.57. The molecule has 0 aromatic heterocycles. The molecule has 1 amide bonds. The molecule has 1 aliphatic rings. The van der Waals surface area contributed by atoms with E-state index in [4.69, 9.17) is 0 Å². The van der Waals surface area contributed by atoms with Crippen LogP contribution in [0.2, 0.25) is 0 Å². The van der Waals surface area contributed by atoms with Gasteiger partial charge in [0.25, 0.3) is 0 Å². The van der Waals surface area contributed by atoms with Crippen LogP contribution in [0.4, 0.5) is 5.69 Å². The standard InChI is InChI=1S/C16H24N4O/c1-3-4-10-18-16(17-2)19-13-11-15(21)20(12-13)14-8-6-5-7-9-14/h5-9,13H,3-4,10-12H2,1-2H3,(H2,17,18,19). The van der Waals surface area contributed by atoms with Gasteiger partial charge in [-0.3, -0.25) is 9.79 Å². The highest BCUT2D eigenvalue weighted by molar-refractivity contribution is 5.96. The average molecular weight is 288 g/mol. The second-order valence-corrected chi connectivity index (χ2v) is 5.24. The molecule has 5 nitrogen and oxygen atoms in total. The maximum atomic E-state index is 12.1. The summed E-state index contributed by atoms with van der Waals surface area (Å²) in [6.07, 6.45) is 2.76. The summed E-state index contributed by atoms with van der Waals surface area (Å²) in [4.78, 5) is 18.2. The molecule has 114 valence electrons. The molecule has 0 bridgehead atoms. The molecule has 1 aliphatic heterocycles. The minimum Gasteiger partial charge on any atom is -0.356 e. The van der Waals surface area contributed by atoms with Crippen LogP contribution in [0.5, 0.6) is 0 Å². The van der Waals surface area contributed by atoms with Crippen LogP contribution in [0.1, 0.15) is 26.2 Å². The number of amides is 1. The number of para-hydroxylation sites is 1. The minimum atomic E-state index is 0.102. The van der Waals surface area contributed by atoms with Crippen LogP contribution in [0, 0.1) is 0 Å². The van der Waals surface area contributed by atoms with Gasteiger partial charge in [0.1, 0.15) is 0 Å². The van der Waals surface area contributed by atoms with Gasteiger partial charge in [-0.2, -0.15) is 0 Å². The minimum absolute atomic E-state index is 0.102. The number of guanidine groups is 1. The summed E-state index contributed by atoms with van der Waals surface area (Å²) in [6, 6.07) is 9.90. The molecule has 1 saturated heterocycles. The third kappa shape index (κ3) is 4.21. The summed E-state index contributed by atoms with van der Waals surface area (Å²) in [5, 5.41) is 6.61. The predicted octanol–water partition coefficient (Wildman–Crippen LogP) is 1.76. The van der Waals surface area contributed by atoms with Crippen molar-refractivity contribution in [3.8, 4) is 0 Å². The van der Waals surface area contributed by atoms with Crippen molar-refractivity contribution in [2.24, 2.45) is 4.99 Å². The maximum Gasteiger partial charge on any atom is 0.229 e. The normalized spacial score (nSPS) is 19.0. The van der Waals surface area contributed by atoms with Gasteiger partial charge in [-0.25, -0.2) is 0 Å². The van der Waals surface area contributed by atoms with Crippen molar-refractivity contribution >= 4 is 17.6 Å². The Morgan fingerprint density at radius 3 is 2.81 bits per heavy atom. The van der Waals surface area contributed by atoms with Gasteiger partial charge in [0.2, 0.25) is 5.91 Å². The van der Waals surface area contributed by atoms with Crippen molar-refractivity contribution < 1.29 is 4.79 Å². The summed E-state index contributed by atoms with van der Waals surface area (Å²) in [5.74, 6) is 0.930. The fraction of sp³-hybridized carbons (Fsp3) is 0.500. The first-order valence-electron chi connectivity index (χ1n) is 7.57. The molecule has 21 heavy (non-hydrogen) atoms. The molecule has 0 saturated carbocycles. The van der Waals surface area contributed by atoms with Gasteiger partial charge in [-0.1, -0.05) is 31.5 Å². The number of hydrogen-bond donors (Lipinski definition) is 2. The highest BCUT2D eigenvalue weighted by Gasteiger charge is 2.30. The van der Waals surface area contributed by atoms with Gasteiger partial charge in [0.15, 0.2) is 5.96 Å². The van der Waals surface area contributed by atoms with E-state index < -0.39 is 0 Å². The topological polar surface area (TPSA) is 56.7 Å². The number of aliphatic imine (C=N–C) groups is 1. The van der Waals surface area contributed by atoms with E-state index in [0.29, 0.717) is 13.0 Å². The molecule has 0 aliphatic carbocycles. The Hall–Kier alpha value is -2.04. The van der Waals surface area contributed by atoms with E-state index >= 15 is 0 Å². The van der Waals surface area contributed by atoms with E-state index in [1.165, 1.54) is 0 Å². The zero-order valence-corrected chi connectivity index (χ0v) is 12.8. The number of nitrogens with one attached hydrogen (secondary N) is 2. The van der Waals surface area contributed by atoms with E-state index in [9.17, 15) is 4.79 Å². The molecular formula is C16H24N4O. The van der Waals surface area contributed by atoms with Crippen LogP contribution >= 0.6 is 0 Å². The first-order chi connectivity index (χ1) is 10.2. The second-order valence-electron chi connectivity index (χ2n) is 5.24. The molecule has 5 heteroatoms. The second kappa shape index (κ2) is 7.67. The van der Waals surface area contributed by atoms with E-state index in [0.717, 1.165) is 31.0 Å². The lowest BCUT2D eigenvalue weighted by Crippen LogP contribution is -2.44. The van der Waals surface area contributed by atoms with E-state index in [1.54, 1.807) is 7.05 Å². The maximum absolute atomic E-state index is 12.1. The van der Waals surface area contributed by atoms with Gasteiger partial charge in [0, 0.05) is 32.2 Å². The number of carbonyl (C=O) groups excluding carboxylic acids is 1. The van der Waals surface area contributed by atoms with Crippen molar-refractivity contribution in [3.63, 3.8) is 0 Å². The fourth-order valence-corrected chi connectivity index (χ4v) is 2.43. The molecular weight excluding hydrogens is 264 g/mol. The molecule has 1 aromatic rings. The molecule has 2 N–H and O–H groups in total. The zero-order valence-electron chi connectivity index (χ0n) is 12.8. The largest absolute Gasteiger partial charge is 0.356 e. The number of nitrogens with zero attached hydrogens (tertiary/aromatic N) is 2. The number of benzene rings is 1. The summed E-state index contributed by atoms with van der Waals surface area (Å²) in [5.41, 5.74) is 0.959.